The van der Waals surface area contributed by atoms with E-state index < -0.39 is 17.9 Å². The lowest BCUT2D eigenvalue weighted by atomic mass is 10.0. The van der Waals surface area contributed by atoms with Crippen molar-refractivity contribution in [2.24, 2.45) is 0 Å². The molecule has 9 heteroatoms. The average molecular weight is 348 g/mol. The minimum Gasteiger partial charge on any atom is -0.508 e. The van der Waals surface area contributed by atoms with Crippen LogP contribution in [-0.2, 0) is 0 Å². The van der Waals surface area contributed by atoms with Crippen molar-refractivity contribution in [3.8, 4) is 34.0 Å². The number of halogens is 3. The number of ether oxygens (including phenoxy) is 1. The predicted molar refractivity (Wildman–Crippen MR) is 83.5 cm³/mol. The van der Waals surface area contributed by atoms with Crippen molar-refractivity contribution in [2.75, 3.05) is 5.73 Å². The Morgan fingerprint density at radius 2 is 1.64 bits per heavy atom. The highest BCUT2D eigenvalue weighted by Gasteiger charge is 2.31. The van der Waals surface area contributed by atoms with E-state index in [1.165, 1.54) is 6.07 Å². The third-order valence-corrected chi connectivity index (χ3v) is 3.15. The zero-order valence-electron chi connectivity index (χ0n) is 12.5. The van der Waals surface area contributed by atoms with E-state index in [-0.39, 0.29) is 17.2 Å². The molecule has 0 saturated heterocycles. The smallest absolute Gasteiger partial charge is 0.508 e. The Balaban J connectivity index is 2.14. The number of anilines is 1. The van der Waals surface area contributed by atoms with Gasteiger partial charge in [0.1, 0.15) is 22.9 Å². The molecule has 128 valence electrons. The van der Waals surface area contributed by atoms with Gasteiger partial charge >= 0.3 is 6.36 Å². The number of benzene rings is 2. The Hall–Kier alpha value is -3.36. The summed E-state index contributed by atoms with van der Waals surface area (Å²) in [4.78, 5) is 4.11. The van der Waals surface area contributed by atoms with Crippen molar-refractivity contribution in [1.82, 2.24) is 15.2 Å². The quantitative estimate of drug-likeness (QED) is 0.753. The molecule has 6 nitrogen and oxygen atoms in total. The lowest BCUT2D eigenvalue weighted by Crippen LogP contribution is -2.17. The highest BCUT2D eigenvalue weighted by molar-refractivity contribution is 5.79. The van der Waals surface area contributed by atoms with E-state index in [1.54, 1.807) is 30.3 Å². The minimum atomic E-state index is -4.89. The number of aromatic hydroxyl groups is 1. The van der Waals surface area contributed by atoms with Gasteiger partial charge in [0.25, 0.3) is 0 Å². The predicted octanol–water partition coefficient (Wildman–Crippen LogP) is 3.39. The summed E-state index contributed by atoms with van der Waals surface area (Å²) in [6.07, 6.45) is -4.89. The molecule has 0 atom stereocenters. The maximum atomic E-state index is 12.4. The molecule has 1 aromatic heterocycles. The summed E-state index contributed by atoms with van der Waals surface area (Å²) in [5.74, 6) is -1.09. The first-order chi connectivity index (χ1) is 11.8. The molecule has 0 bridgehead atoms. The maximum absolute atomic E-state index is 12.4. The first kappa shape index (κ1) is 16.5. The number of nitrogens with two attached hydrogens (primary N) is 1. The molecule has 0 radical (unpaired) electrons. The largest absolute Gasteiger partial charge is 0.573 e. The number of nitrogen functional groups attached to an aromatic ring is 1. The zero-order chi connectivity index (χ0) is 18.0. The standard InChI is InChI=1S/C16H11F3N4O2/c17-16(18,19)25-12-7-10(6-11(24)8-12)14-13(21-15(20)23-22-14)9-4-2-1-3-5-9/h1-8,24H,(H2,20,21,23). The van der Waals surface area contributed by atoms with Gasteiger partial charge in [0, 0.05) is 17.2 Å². The van der Waals surface area contributed by atoms with E-state index in [4.69, 9.17) is 5.73 Å². The normalized spacial score (nSPS) is 11.3. The number of aromatic nitrogens is 3. The van der Waals surface area contributed by atoms with E-state index >= 15 is 0 Å². The Kier molecular flexibility index (Phi) is 4.14. The summed E-state index contributed by atoms with van der Waals surface area (Å²) in [5, 5.41) is 17.3. The van der Waals surface area contributed by atoms with Crippen LogP contribution >= 0.6 is 0 Å². The van der Waals surface area contributed by atoms with Crippen LogP contribution < -0.4 is 10.5 Å². The first-order valence-electron chi connectivity index (χ1n) is 6.97. The van der Waals surface area contributed by atoms with Crippen LogP contribution in [0.15, 0.2) is 48.5 Å². The van der Waals surface area contributed by atoms with Crippen LogP contribution in [0.25, 0.3) is 22.5 Å². The van der Waals surface area contributed by atoms with Gasteiger partial charge in [0.05, 0.1) is 0 Å². The van der Waals surface area contributed by atoms with E-state index in [0.717, 1.165) is 12.1 Å². The van der Waals surface area contributed by atoms with Crippen LogP contribution in [0.5, 0.6) is 11.5 Å². The second kappa shape index (κ2) is 6.27. The summed E-state index contributed by atoms with van der Waals surface area (Å²) in [6, 6.07) is 12.0. The van der Waals surface area contributed by atoms with Crippen molar-refractivity contribution in [1.29, 1.82) is 0 Å². The number of alkyl halides is 3. The third-order valence-electron chi connectivity index (χ3n) is 3.15. The third kappa shape index (κ3) is 3.94. The van der Waals surface area contributed by atoms with E-state index in [2.05, 4.69) is 19.9 Å². The van der Waals surface area contributed by atoms with Crippen LogP contribution in [0.1, 0.15) is 0 Å². The maximum Gasteiger partial charge on any atom is 0.573 e. The number of hydrogen-bond donors (Lipinski definition) is 2. The summed E-state index contributed by atoms with van der Waals surface area (Å²) < 4.78 is 41.2. The summed E-state index contributed by atoms with van der Waals surface area (Å²) in [5.41, 5.74) is 6.84. The molecule has 3 rings (SSSR count). The summed E-state index contributed by atoms with van der Waals surface area (Å²) in [6.45, 7) is 0. The first-order valence-corrected chi connectivity index (χ1v) is 6.97. The van der Waals surface area contributed by atoms with Gasteiger partial charge in [0.15, 0.2) is 0 Å². The number of nitrogens with zero attached hydrogens (tertiary/aromatic N) is 3. The van der Waals surface area contributed by atoms with Gasteiger partial charge in [-0.25, -0.2) is 4.98 Å². The van der Waals surface area contributed by atoms with E-state index in [0.29, 0.717) is 11.3 Å². The van der Waals surface area contributed by atoms with Gasteiger partial charge in [-0.15, -0.1) is 23.4 Å². The van der Waals surface area contributed by atoms with Crippen molar-refractivity contribution in [3.63, 3.8) is 0 Å². The molecule has 0 fully saturated rings. The topological polar surface area (TPSA) is 94.2 Å². The van der Waals surface area contributed by atoms with Crippen LogP contribution in [-0.4, -0.2) is 26.7 Å². The Morgan fingerprint density at radius 1 is 0.920 bits per heavy atom. The molecular formula is C16H11F3N4O2. The second-order valence-corrected chi connectivity index (χ2v) is 5.00. The van der Waals surface area contributed by atoms with Crippen LogP contribution in [0.3, 0.4) is 0 Å². The molecule has 25 heavy (non-hydrogen) atoms. The van der Waals surface area contributed by atoms with Gasteiger partial charge in [-0.1, -0.05) is 30.3 Å². The lowest BCUT2D eigenvalue weighted by Gasteiger charge is -2.12. The molecule has 0 amide bonds. The molecule has 0 aliphatic heterocycles. The molecule has 3 aromatic rings. The summed E-state index contributed by atoms with van der Waals surface area (Å²) >= 11 is 0. The summed E-state index contributed by atoms with van der Waals surface area (Å²) in [7, 11) is 0. The molecule has 2 aromatic carbocycles. The molecule has 3 N–H and O–H groups in total. The van der Waals surface area contributed by atoms with E-state index in [1.807, 2.05) is 0 Å². The SMILES string of the molecule is Nc1nnc(-c2cc(O)cc(OC(F)(F)F)c2)c(-c2ccccc2)n1. The Morgan fingerprint density at radius 3 is 2.32 bits per heavy atom. The number of rotatable bonds is 3. The molecule has 0 unspecified atom stereocenters. The van der Waals surface area contributed by atoms with Gasteiger partial charge in [-0.2, -0.15) is 0 Å². The fourth-order valence-corrected chi connectivity index (χ4v) is 2.24. The van der Waals surface area contributed by atoms with Crippen LogP contribution in [0.4, 0.5) is 19.1 Å². The second-order valence-electron chi connectivity index (χ2n) is 5.00. The van der Waals surface area contributed by atoms with Crippen molar-refractivity contribution >= 4 is 5.95 Å². The average Bonchev–Trinajstić information content (AvgIpc) is 2.53. The molecular weight excluding hydrogens is 337 g/mol. The monoisotopic (exact) mass is 348 g/mol. The fraction of sp³-hybridized carbons (Fsp3) is 0.0625. The van der Waals surface area contributed by atoms with E-state index in [9.17, 15) is 18.3 Å². The number of phenols is 1. The molecule has 0 aliphatic carbocycles. The van der Waals surface area contributed by atoms with Crippen molar-refractivity contribution in [2.45, 2.75) is 6.36 Å². The zero-order valence-corrected chi connectivity index (χ0v) is 12.5. The number of phenolic OH excluding ortho intramolecular Hbond substituents is 1. The minimum absolute atomic E-state index is 0.0884. The Labute approximate surface area is 139 Å². The van der Waals surface area contributed by atoms with Crippen LogP contribution in [0.2, 0.25) is 0 Å². The molecule has 1 heterocycles. The Bertz CT molecular complexity index is 902. The van der Waals surface area contributed by atoms with Crippen molar-refractivity contribution in [3.05, 3.63) is 48.5 Å². The lowest BCUT2D eigenvalue weighted by molar-refractivity contribution is -0.274. The van der Waals surface area contributed by atoms with Crippen LogP contribution in [0, 0.1) is 0 Å². The molecule has 0 spiro atoms. The highest BCUT2D eigenvalue weighted by atomic mass is 19.4. The number of hydrogen-bond acceptors (Lipinski definition) is 6. The van der Waals surface area contributed by atoms with Crippen molar-refractivity contribution < 1.29 is 23.0 Å². The van der Waals surface area contributed by atoms with Gasteiger partial charge < -0.3 is 15.6 Å². The highest BCUT2D eigenvalue weighted by Crippen LogP contribution is 2.35. The molecule has 0 aliphatic rings. The fourth-order valence-electron chi connectivity index (χ4n) is 2.24. The van der Waals surface area contributed by atoms with Gasteiger partial charge in [-0.3, -0.25) is 0 Å². The van der Waals surface area contributed by atoms with Gasteiger partial charge in [0.2, 0.25) is 5.95 Å². The molecule has 0 saturated carbocycles. The van der Waals surface area contributed by atoms with Gasteiger partial charge in [-0.05, 0) is 12.1 Å².